The third-order valence-electron chi connectivity index (χ3n) is 6.07. The van der Waals surface area contributed by atoms with Crippen LogP contribution in [0, 0.1) is 12.8 Å². The Kier molecular flexibility index (Phi) is 7.48. The average Bonchev–Trinajstić information content (AvgIpc) is 3.49. The molecule has 1 aliphatic heterocycles. The summed E-state index contributed by atoms with van der Waals surface area (Å²) in [4.78, 5) is 36.0. The Hall–Kier alpha value is -2.97. The molecule has 2 amide bonds. The first-order valence-electron chi connectivity index (χ1n) is 11.7. The molecule has 2 atom stereocenters. The van der Waals surface area contributed by atoms with Crippen LogP contribution in [0.4, 0.5) is 0 Å². The molecule has 0 spiro atoms. The first-order chi connectivity index (χ1) is 16.3. The Morgan fingerprint density at radius 1 is 1.21 bits per heavy atom. The van der Waals surface area contributed by atoms with E-state index < -0.39 is 6.04 Å². The molecule has 2 aromatic heterocycles. The van der Waals surface area contributed by atoms with Gasteiger partial charge in [0.25, 0.3) is 0 Å². The van der Waals surface area contributed by atoms with Crippen LogP contribution < -0.4 is 5.32 Å². The highest BCUT2D eigenvalue weighted by atomic mass is 32.1. The standard InChI is InChI=1S/C26H32N4O3S/c1-17(2)26(32)30-18(3)14-29(16-24-27-12-19(4)34-24)15-22(30)25(31)28-13-20-7-9-21(10-8-20)23-6-5-11-33-23/h5-12,17-18,22H,13-16H2,1-4H3,(H,28,31). The fraction of sp³-hybridized carbons (Fsp3) is 0.423. The quantitative estimate of drug-likeness (QED) is 0.551. The number of aryl methyl sites for hydroxylation is 1. The van der Waals surface area contributed by atoms with Crippen molar-refractivity contribution in [1.29, 1.82) is 0 Å². The molecule has 1 N–H and O–H groups in total. The van der Waals surface area contributed by atoms with E-state index in [9.17, 15) is 9.59 Å². The smallest absolute Gasteiger partial charge is 0.244 e. The fourth-order valence-electron chi connectivity index (χ4n) is 4.39. The fourth-order valence-corrected chi connectivity index (χ4v) is 5.22. The zero-order chi connectivity index (χ0) is 24.2. The van der Waals surface area contributed by atoms with Gasteiger partial charge < -0.3 is 14.6 Å². The Balaban J connectivity index is 1.45. The maximum absolute atomic E-state index is 13.4. The van der Waals surface area contributed by atoms with Crippen molar-refractivity contribution in [3.05, 3.63) is 64.3 Å². The number of carbonyl (C=O) groups excluding carboxylic acids is 2. The second-order valence-electron chi connectivity index (χ2n) is 9.22. The highest BCUT2D eigenvalue weighted by molar-refractivity contribution is 7.11. The first-order valence-corrected chi connectivity index (χ1v) is 12.5. The normalized spacial score (nSPS) is 18.9. The van der Waals surface area contributed by atoms with Crippen molar-refractivity contribution in [2.24, 2.45) is 5.92 Å². The zero-order valence-electron chi connectivity index (χ0n) is 20.2. The van der Waals surface area contributed by atoms with Crippen LogP contribution >= 0.6 is 11.3 Å². The molecule has 7 nitrogen and oxygen atoms in total. The second-order valence-corrected chi connectivity index (χ2v) is 10.5. The number of carbonyl (C=O) groups is 2. The second kappa shape index (κ2) is 10.5. The number of amides is 2. The topological polar surface area (TPSA) is 78.7 Å². The van der Waals surface area contributed by atoms with Gasteiger partial charge in [0, 0.05) is 48.2 Å². The van der Waals surface area contributed by atoms with E-state index in [1.165, 1.54) is 4.88 Å². The third kappa shape index (κ3) is 5.56. The van der Waals surface area contributed by atoms with E-state index in [-0.39, 0.29) is 23.8 Å². The van der Waals surface area contributed by atoms with Crippen molar-refractivity contribution in [2.45, 2.75) is 52.9 Å². The summed E-state index contributed by atoms with van der Waals surface area (Å²) in [5, 5.41) is 4.09. The number of rotatable bonds is 7. The number of hydrogen-bond donors (Lipinski definition) is 1. The highest BCUT2D eigenvalue weighted by Gasteiger charge is 2.40. The molecule has 0 saturated carbocycles. The van der Waals surface area contributed by atoms with Crippen LogP contribution in [0.3, 0.4) is 0 Å². The summed E-state index contributed by atoms with van der Waals surface area (Å²) >= 11 is 1.67. The number of aromatic nitrogens is 1. The molecule has 34 heavy (non-hydrogen) atoms. The third-order valence-corrected chi connectivity index (χ3v) is 6.97. The van der Waals surface area contributed by atoms with Crippen molar-refractivity contribution in [3.63, 3.8) is 0 Å². The average molecular weight is 481 g/mol. The molecule has 1 aromatic carbocycles. The van der Waals surface area contributed by atoms with Crippen LogP contribution in [0.5, 0.6) is 0 Å². The Bertz CT molecular complexity index is 1110. The van der Waals surface area contributed by atoms with Crippen molar-refractivity contribution in [3.8, 4) is 11.3 Å². The molecule has 3 aromatic rings. The van der Waals surface area contributed by atoms with Crippen LogP contribution in [0.1, 0.15) is 36.2 Å². The number of nitrogens with zero attached hydrogens (tertiary/aromatic N) is 3. The Morgan fingerprint density at radius 3 is 2.59 bits per heavy atom. The molecular weight excluding hydrogens is 448 g/mol. The lowest BCUT2D eigenvalue weighted by molar-refractivity contribution is -0.150. The van der Waals surface area contributed by atoms with Crippen LogP contribution in [-0.4, -0.2) is 51.8 Å². The number of nitrogens with one attached hydrogen (secondary N) is 1. The summed E-state index contributed by atoms with van der Waals surface area (Å²) in [6, 6.07) is 11.1. The number of hydrogen-bond acceptors (Lipinski definition) is 6. The molecule has 1 fully saturated rings. The van der Waals surface area contributed by atoms with Gasteiger partial charge in [0.2, 0.25) is 11.8 Å². The van der Waals surface area contributed by atoms with E-state index in [2.05, 4.69) is 15.2 Å². The maximum Gasteiger partial charge on any atom is 0.244 e. The summed E-state index contributed by atoms with van der Waals surface area (Å²) in [6.07, 6.45) is 3.53. The number of furan rings is 1. The van der Waals surface area contributed by atoms with Crippen molar-refractivity contribution >= 4 is 23.2 Å². The molecule has 0 bridgehead atoms. The molecule has 1 aliphatic rings. The van der Waals surface area contributed by atoms with E-state index in [0.717, 1.165) is 28.4 Å². The van der Waals surface area contributed by atoms with Gasteiger partial charge >= 0.3 is 0 Å². The van der Waals surface area contributed by atoms with Gasteiger partial charge in [-0.2, -0.15) is 0 Å². The summed E-state index contributed by atoms with van der Waals surface area (Å²) in [5.41, 5.74) is 1.98. The predicted octanol–water partition coefficient (Wildman–Crippen LogP) is 4.09. The van der Waals surface area contributed by atoms with Crippen LogP contribution in [0.2, 0.25) is 0 Å². The molecule has 1 saturated heterocycles. The van der Waals surface area contributed by atoms with Gasteiger partial charge in [0.05, 0.1) is 12.8 Å². The van der Waals surface area contributed by atoms with Gasteiger partial charge in [-0.3, -0.25) is 14.5 Å². The SMILES string of the molecule is Cc1cnc(CN2CC(C)N(C(=O)C(C)C)C(C(=O)NCc3ccc(-c4ccco4)cc3)C2)s1. The molecule has 3 heterocycles. The van der Waals surface area contributed by atoms with Crippen molar-refractivity contribution in [2.75, 3.05) is 13.1 Å². The lowest BCUT2D eigenvalue weighted by Crippen LogP contribution is -2.64. The molecule has 2 unspecified atom stereocenters. The first kappa shape index (κ1) is 24.2. The minimum atomic E-state index is -0.540. The molecular formula is C26H32N4O3S. The number of benzene rings is 1. The van der Waals surface area contributed by atoms with E-state index >= 15 is 0 Å². The summed E-state index contributed by atoms with van der Waals surface area (Å²) in [6.45, 7) is 10.1. The Labute approximate surface area is 204 Å². The largest absolute Gasteiger partial charge is 0.464 e. The Morgan fingerprint density at radius 2 is 1.97 bits per heavy atom. The maximum atomic E-state index is 13.4. The van der Waals surface area contributed by atoms with Crippen LogP contribution in [0.15, 0.2) is 53.3 Å². The molecule has 4 rings (SSSR count). The predicted molar refractivity (Wildman–Crippen MR) is 133 cm³/mol. The molecule has 0 radical (unpaired) electrons. The van der Waals surface area contributed by atoms with E-state index in [1.54, 1.807) is 22.5 Å². The summed E-state index contributed by atoms with van der Waals surface area (Å²) < 4.78 is 5.44. The van der Waals surface area contributed by atoms with E-state index in [4.69, 9.17) is 4.42 Å². The number of piperazine rings is 1. The van der Waals surface area contributed by atoms with Crippen molar-refractivity contribution in [1.82, 2.24) is 20.1 Å². The van der Waals surface area contributed by atoms with Gasteiger partial charge in [-0.05, 0) is 31.5 Å². The molecule has 0 aliphatic carbocycles. The highest BCUT2D eigenvalue weighted by Crippen LogP contribution is 2.23. The van der Waals surface area contributed by atoms with E-state index in [1.807, 2.05) is 70.3 Å². The summed E-state index contributed by atoms with van der Waals surface area (Å²) in [7, 11) is 0. The van der Waals surface area contributed by atoms with Gasteiger partial charge in [0.15, 0.2) is 0 Å². The van der Waals surface area contributed by atoms with E-state index in [0.29, 0.717) is 19.6 Å². The molecule has 180 valence electrons. The van der Waals surface area contributed by atoms with Gasteiger partial charge in [0.1, 0.15) is 16.8 Å². The van der Waals surface area contributed by atoms with Gasteiger partial charge in [-0.1, -0.05) is 38.1 Å². The minimum absolute atomic E-state index is 0.0141. The number of thiazole rings is 1. The monoisotopic (exact) mass is 480 g/mol. The van der Waals surface area contributed by atoms with Crippen LogP contribution in [0.25, 0.3) is 11.3 Å². The van der Waals surface area contributed by atoms with Gasteiger partial charge in [-0.15, -0.1) is 11.3 Å². The lowest BCUT2D eigenvalue weighted by atomic mass is 10.0. The zero-order valence-corrected chi connectivity index (χ0v) is 21.0. The van der Waals surface area contributed by atoms with Crippen molar-refractivity contribution < 1.29 is 14.0 Å². The lowest BCUT2D eigenvalue weighted by Gasteiger charge is -2.45. The molecule has 8 heteroatoms. The van der Waals surface area contributed by atoms with Crippen LogP contribution in [-0.2, 0) is 22.7 Å². The van der Waals surface area contributed by atoms with Gasteiger partial charge in [-0.25, -0.2) is 4.98 Å². The summed E-state index contributed by atoms with van der Waals surface area (Å²) in [5.74, 6) is 0.529. The minimum Gasteiger partial charge on any atom is -0.464 e.